The molecule has 0 bridgehead atoms. The third-order valence-electron chi connectivity index (χ3n) is 5.01. The zero-order valence-corrected chi connectivity index (χ0v) is 15.8. The lowest BCUT2D eigenvalue weighted by atomic mass is 10.1. The van der Waals surface area contributed by atoms with Crippen molar-refractivity contribution >= 4 is 11.6 Å². The molecule has 0 aliphatic carbocycles. The summed E-state index contributed by atoms with van der Waals surface area (Å²) in [5.41, 5.74) is 1.87. The lowest BCUT2D eigenvalue weighted by molar-refractivity contribution is -0.121. The highest BCUT2D eigenvalue weighted by atomic mass is 19.1. The molecule has 1 N–H and O–H groups in total. The van der Waals surface area contributed by atoms with Crippen LogP contribution < -0.4 is 10.1 Å². The van der Waals surface area contributed by atoms with Crippen LogP contribution >= 0.6 is 0 Å². The average molecular weight is 371 g/mol. The predicted octanol–water partition coefficient (Wildman–Crippen LogP) is 2.98. The molecule has 1 aliphatic heterocycles. The molecule has 1 atom stereocenters. The minimum atomic E-state index is -0.311. The van der Waals surface area contributed by atoms with E-state index in [1.807, 2.05) is 19.1 Å². The van der Waals surface area contributed by atoms with Crippen LogP contribution in [0, 0.1) is 5.82 Å². The van der Waals surface area contributed by atoms with E-state index >= 15 is 0 Å². The fraction of sp³-hybridized carbons (Fsp3) is 0.381. The van der Waals surface area contributed by atoms with Crippen LogP contribution in [0.1, 0.15) is 12.5 Å². The zero-order chi connectivity index (χ0) is 19.2. The van der Waals surface area contributed by atoms with Gasteiger partial charge in [0.05, 0.1) is 13.2 Å². The smallest absolute Gasteiger partial charge is 0.241 e. The van der Waals surface area contributed by atoms with Gasteiger partial charge in [-0.1, -0.05) is 12.1 Å². The second kappa shape index (κ2) is 8.97. The van der Waals surface area contributed by atoms with Crippen molar-refractivity contribution < 1.29 is 13.9 Å². The summed E-state index contributed by atoms with van der Waals surface area (Å²) in [5, 5.41) is 2.86. The molecule has 1 heterocycles. The molecular weight excluding hydrogens is 345 g/mol. The number of ether oxygens (including phenoxy) is 1. The number of rotatable bonds is 6. The monoisotopic (exact) mass is 371 g/mol. The van der Waals surface area contributed by atoms with E-state index in [0.717, 1.165) is 38.5 Å². The van der Waals surface area contributed by atoms with Crippen molar-refractivity contribution in [3.05, 3.63) is 59.9 Å². The summed E-state index contributed by atoms with van der Waals surface area (Å²) in [4.78, 5) is 17.0. The molecule has 0 saturated carbocycles. The van der Waals surface area contributed by atoms with Gasteiger partial charge in [-0.3, -0.25) is 14.6 Å². The molecule has 1 saturated heterocycles. The van der Waals surface area contributed by atoms with Gasteiger partial charge in [0.1, 0.15) is 11.6 Å². The summed E-state index contributed by atoms with van der Waals surface area (Å²) in [6, 6.07) is 13.8. The van der Waals surface area contributed by atoms with E-state index < -0.39 is 0 Å². The largest absolute Gasteiger partial charge is 0.497 e. The van der Waals surface area contributed by atoms with Gasteiger partial charge in [-0.25, -0.2) is 4.39 Å². The number of piperazine rings is 1. The fourth-order valence-electron chi connectivity index (χ4n) is 3.24. The molecule has 6 heteroatoms. The lowest BCUT2D eigenvalue weighted by Crippen LogP contribution is -2.52. The Kier molecular flexibility index (Phi) is 6.42. The molecular formula is C21H26FN3O2. The van der Waals surface area contributed by atoms with Gasteiger partial charge in [0, 0.05) is 38.4 Å². The molecule has 3 rings (SSSR count). The molecule has 2 aromatic rings. The molecule has 0 radical (unpaired) electrons. The Morgan fingerprint density at radius 2 is 1.70 bits per heavy atom. The van der Waals surface area contributed by atoms with Gasteiger partial charge in [-0.2, -0.15) is 0 Å². The summed E-state index contributed by atoms with van der Waals surface area (Å²) in [5.74, 6) is 0.490. The number of hydrogen-bond acceptors (Lipinski definition) is 4. The minimum Gasteiger partial charge on any atom is -0.497 e. The Bertz CT molecular complexity index is 741. The van der Waals surface area contributed by atoms with Crippen LogP contribution in [0.25, 0.3) is 0 Å². The second-order valence-electron chi connectivity index (χ2n) is 6.83. The Morgan fingerprint density at radius 1 is 1.07 bits per heavy atom. The first kappa shape index (κ1) is 19.3. The average Bonchev–Trinajstić information content (AvgIpc) is 2.70. The van der Waals surface area contributed by atoms with Crippen LogP contribution in [-0.4, -0.2) is 55.0 Å². The van der Waals surface area contributed by atoms with E-state index in [1.165, 1.54) is 17.7 Å². The number of carbonyl (C=O) groups excluding carboxylic acids is 1. The summed E-state index contributed by atoms with van der Waals surface area (Å²) in [7, 11) is 1.67. The zero-order valence-electron chi connectivity index (χ0n) is 15.8. The van der Waals surface area contributed by atoms with Crippen molar-refractivity contribution in [1.29, 1.82) is 0 Å². The SMILES string of the molecule is COc1ccc(CN2CCN([C@@H](C)C(=O)Nc3ccc(F)cc3)CC2)cc1. The molecule has 1 aliphatic rings. The number of anilines is 1. The maximum Gasteiger partial charge on any atom is 0.241 e. The molecule has 1 fully saturated rings. The van der Waals surface area contributed by atoms with Crippen molar-refractivity contribution in [2.24, 2.45) is 0 Å². The van der Waals surface area contributed by atoms with Crippen molar-refractivity contribution in [1.82, 2.24) is 9.80 Å². The van der Waals surface area contributed by atoms with E-state index in [-0.39, 0.29) is 17.8 Å². The number of methoxy groups -OCH3 is 1. The van der Waals surface area contributed by atoms with E-state index in [9.17, 15) is 9.18 Å². The van der Waals surface area contributed by atoms with Crippen molar-refractivity contribution in [2.45, 2.75) is 19.5 Å². The van der Waals surface area contributed by atoms with E-state index in [1.54, 1.807) is 19.2 Å². The van der Waals surface area contributed by atoms with E-state index in [4.69, 9.17) is 4.74 Å². The Labute approximate surface area is 159 Å². The Balaban J connectivity index is 1.47. The molecule has 0 aromatic heterocycles. The number of halogens is 1. The van der Waals surface area contributed by atoms with Gasteiger partial charge in [-0.15, -0.1) is 0 Å². The molecule has 2 aromatic carbocycles. The third kappa shape index (κ3) is 5.28. The van der Waals surface area contributed by atoms with Crippen LogP contribution in [0.5, 0.6) is 5.75 Å². The number of benzene rings is 2. The van der Waals surface area contributed by atoms with Crippen molar-refractivity contribution in [2.75, 3.05) is 38.6 Å². The number of amides is 1. The first-order valence-electron chi connectivity index (χ1n) is 9.21. The van der Waals surface area contributed by atoms with E-state index in [2.05, 4.69) is 27.2 Å². The number of nitrogens with zero attached hydrogens (tertiary/aromatic N) is 2. The normalized spacial score (nSPS) is 16.7. The van der Waals surface area contributed by atoms with Gasteiger partial charge in [0.15, 0.2) is 0 Å². The fourth-order valence-corrected chi connectivity index (χ4v) is 3.24. The minimum absolute atomic E-state index is 0.0646. The first-order chi connectivity index (χ1) is 13.0. The van der Waals surface area contributed by atoms with Gasteiger partial charge in [0.2, 0.25) is 5.91 Å². The van der Waals surface area contributed by atoms with Crippen molar-refractivity contribution in [3.63, 3.8) is 0 Å². The maximum atomic E-state index is 13.0. The first-order valence-corrected chi connectivity index (χ1v) is 9.21. The van der Waals surface area contributed by atoms with Crippen LogP contribution in [0.2, 0.25) is 0 Å². The topological polar surface area (TPSA) is 44.8 Å². The second-order valence-corrected chi connectivity index (χ2v) is 6.83. The van der Waals surface area contributed by atoms with Crippen molar-refractivity contribution in [3.8, 4) is 5.75 Å². The summed E-state index contributed by atoms with van der Waals surface area (Å²) in [6.07, 6.45) is 0. The summed E-state index contributed by atoms with van der Waals surface area (Å²) < 4.78 is 18.2. The summed E-state index contributed by atoms with van der Waals surface area (Å²) >= 11 is 0. The molecule has 0 unspecified atom stereocenters. The summed E-state index contributed by atoms with van der Waals surface area (Å²) in [6.45, 7) is 6.33. The van der Waals surface area contributed by atoms with Gasteiger partial charge >= 0.3 is 0 Å². The molecule has 5 nitrogen and oxygen atoms in total. The number of carbonyl (C=O) groups is 1. The maximum absolute atomic E-state index is 13.0. The van der Waals surface area contributed by atoms with Crippen LogP contribution in [-0.2, 0) is 11.3 Å². The highest BCUT2D eigenvalue weighted by Gasteiger charge is 2.25. The number of hydrogen-bond donors (Lipinski definition) is 1. The Hall–Kier alpha value is -2.44. The Morgan fingerprint density at radius 3 is 2.30 bits per heavy atom. The third-order valence-corrected chi connectivity index (χ3v) is 5.01. The number of nitrogens with one attached hydrogen (secondary N) is 1. The quantitative estimate of drug-likeness (QED) is 0.848. The highest BCUT2D eigenvalue weighted by Crippen LogP contribution is 2.16. The van der Waals surface area contributed by atoms with Crippen LogP contribution in [0.15, 0.2) is 48.5 Å². The molecule has 144 valence electrons. The standard InChI is InChI=1S/C21H26FN3O2/c1-16(21(26)23-19-7-5-18(22)6-8-19)25-13-11-24(12-14-25)15-17-3-9-20(27-2)10-4-17/h3-10,16H,11-15H2,1-2H3,(H,23,26)/t16-/m0/s1. The predicted molar refractivity (Wildman–Crippen MR) is 104 cm³/mol. The van der Waals surface area contributed by atoms with Gasteiger partial charge in [0.25, 0.3) is 0 Å². The van der Waals surface area contributed by atoms with E-state index in [0.29, 0.717) is 5.69 Å². The molecule has 27 heavy (non-hydrogen) atoms. The molecule has 1 amide bonds. The lowest BCUT2D eigenvalue weighted by Gasteiger charge is -2.37. The molecule has 0 spiro atoms. The highest BCUT2D eigenvalue weighted by molar-refractivity contribution is 5.94. The van der Waals surface area contributed by atoms with Gasteiger partial charge in [-0.05, 0) is 48.9 Å². The van der Waals surface area contributed by atoms with Crippen LogP contribution in [0.4, 0.5) is 10.1 Å². The van der Waals surface area contributed by atoms with Crippen LogP contribution in [0.3, 0.4) is 0 Å². The van der Waals surface area contributed by atoms with Gasteiger partial charge < -0.3 is 10.1 Å².